The third kappa shape index (κ3) is 4.98. The third-order valence-electron chi connectivity index (χ3n) is 6.10. The molecule has 0 aliphatic carbocycles. The predicted octanol–water partition coefficient (Wildman–Crippen LogP) is 2.81. The van der Waals surface area contributed by atoms with Gasteiger partial charge in [-0.2, -0.15) is 4.31 Å². The molecular formula is C22H29ClN4O3S. The molecule has 0 saturated carbocycles. The maximum Gasteiger partial charge on any atom is 0.270 e. The Hall–Kier alpha value is -1.87. The minimum Gasteiger partial charge on any atom is -0.345 e. The van der Waals surface area contributed by atoms with Gasteiger partial charge in [0, 0.05) is 64.1 Å². The molecule has 4 rings (SSSR count). The summed E-state index contributed by atoms with van der Waals surface area (Å²) in [7, 11) is -1.80. The summed E-state index contributed by atoms with van der Waals surface area (Å²) >= 11 is 5.97. The monoisotopic (exact) mass is 464 g/mol. The smallest absolute Gasteiger partial charge is 0.270 e. The van der Waals surface area contributed by atoms with E-state index in [9.17, 15) is 13.2 Å². The van der Waals surface area contributed by atoms with Crippen LogP contribution in [0.25, 0.3) is 0 Å². The lowest BCUT2D eigenvalue weighted by molar-refractivity contribution is 0.0751. The molecule has 2 saturated heterocycles. The van der Waals surface area contributed by atoms with E-state index in [0.717, 1.165) is 43.9 Å². The van der Waals surface area contributed by atoms with Crippen LogP contribution in [-0.4, -0.2) is 72.3 Å². The van der Waals surface area contributed by atoms with Gasteiger partial charge in [0.15, 0.2) is 0 Å². The normalized spacial score (nSPS) is 19.0. The molecule has 0 bridgehead atoms. The first kappa shape index (κ1) is 22.3. The zero-order chi connectivity index (χ0) is 22.0. The van der Waals surface area contributed by atoms with Gasteiger partial charge >= 0.3 is 0 Å². The number of aryl methyl sites for hydroxylation is 1. The van der Waals surface area contributed by atoms with Crippen LogP contribution in [-0.2, 0) is 23.6 Å². The Kier molecular flexibility index (Phi) is 6.71. The number of hydrogen-bond donors (Lipinski definition) is 0. The number of benzene rings is 1. The van der Waals surface area contributed by atoms with Crippen molar-refractivity contribution in [2.75, 3.05) is 39.3 Å². The van der Waals surface area contributed by atoms with E-state index in [1.165, 1.54) is 15.9 Å². The van der Waals surface area contributed by atoms with Crippen LogP contribution in [0.2, 0.25) is 5.02 Å². The average molecular weight is 465 g/mol. The van der Waals surface area contributed by atoms with Crippen molar-refractivity contribution in [3.05, 3.63) is 52.8 Å². The molecule has 0 atom stereocenters. The van der Waals surface area contributed by atoms with Gasteiger partial charge in [-0.05, 0) is 43.0 Å². The lowest BCUT2D eigenvalue weighted by Gasteiger charge is -2.22. The molecule has 1 aromatic heterocycles. The first-order chi connectivity index (χ1) is 14.8. The molecule has 2 aromatic rings. The Labute approximate surface area is 189 Å². The van der Waals surface area contributed by atoms with Gasteiger partial charge in [-0.25, -0.2) is 8.42 Å². The largest absolute Gasteiger partial charge is 0.345 e. The van der Waals surface area contributed by atoms with Gasteiger partial charge in [0.2, 0.25) is 10.0 Å². The second kappa shape index (κ2) is 9.32. The molecule has 31 heavy (non-hydrogen) atoms. The molecule has 2 aliphatic rings. The Morgan fingerprint density at radius 1 is 0.968 bits per heavy atom. The number of carbonyl (C=O) groups is 1. The minimum absolute atomic E-state index is 0.112. The van der Waals surface area contributed by atoms with Crippen molar-refractivity contribution in [3.8, 4) is 0 Å². The van der Waals surface area contributed by atoms with E-state index in [4.69, 9.17) is 11.6 Å². The Balaban J connectivity index is 1.42. The lowest BCUT2D eigenvalue weighted by atomic mass is 10.2. The minimum atomic E-state index is -3.53. The van der Waals surface area contributed by atoms with Crippen LogP contribution in [0, 0.1) is 0 Å². The molecule has 168 valence electrons. The maximum absolute atomic E-state index is 13.2. The van der Waals surface area contributed by atoms with E-state index < -0.39 is 10.0 Å². The van der Waals surface area contributed by atoms with Crippen molar-refractivity contribution in [2.45, 2.75) is 30.7 Å². The highest BCUT2D eigenvalue weighted by atomic mass is 35.5. The second-order valence-corrected chi connectivity index (χ2v) is 10.7. The van der Waals surface area contributed by atoms with E-state index in [-0.39, 0.29) is 10.8 Å². The van der Waals surface area contributed by atoms with Crippen LogP contribution >= 0.6 is 11.6 Å². The van der Waals surface area contributed by atoms with Crippen molar-refractivity contribution in [3.63, 3.8) is 0 Å². The topological polar surface area (TPSA) is 65.9 Å². The van der Waals surface area contributed by atoms with Gasteiger partial charge in [0.25, 0.3) is 5.91 Å². The molecule has 9 heteroatoms. The number of nitrogens with zero attached hydrogens (tertiary/aromatic N) is 4. The summed E-state index contributed by atoms with van der Waals surface area (Å²) in [5, 5.41) is 0.727. The molecule has 2 aliphatic heterocycles. The van der Waals surface area contributed by atoms with Crippen molar-refractivity contribution < 1.29 is 13.2 Å². The molecule has 1 aromatic carbocycles. The van der Waals surface area contributed by atoms with Crippen molar-refractivity contribution in [1.29, 1.82) is 0 Å². The van der Waals surface area contributed by atoms with Gasteiger partial charge in [-0.3, -0.25) is 9.69 Å². The summed E-state index contributed by atoms with van der Waals surface area (Å²) in [5.74, 6) is -0.112. The van der Waals surface area contributed by atoms with Gasteiger partial charge in [-0.15, -0.1) is 0 Å². The van der Waals surface area contributed by atoms with Crippen molar-refractivity contribution in [1.82, 2.24) is 18.7 Å². The van der Waals surface area contributed by atoms with Crippen molar-refractivity contribution in [2.24, 2.45) is 7.05 Å². The van der Waals surface area contributed by atoms with Crippen LogP contribution in [0.4, 0.5) is 0 Å². The van der Waals surface area contributed by atoms with E-state index in [1.54, 1.807) is 17.8 Å². The molecule has 0 spiro atoms. The number of carbonyl (C=O) groups excluding carboxylic acids is 1. The number of amides is 1. The molecule has 0 N–H and O–H groups in total. The maximum atomic E-state index is 13.2. The Bertz CT molecular complexity index is 1030. The average Bonchev–Trinajstić information content (AvgIpc) is 3.36. The molecule has 1 amide bonds. The summed E-state index contributed by atoms with van der Waals surface area (Å²) in [5.41, 5.74) is 1.62. The Morgan fingerprint density at radius 3 is 2.39 bits per heavy atom. The number of aromatic nitrogens is 1. The zero-order valence-corrected chi connectivity index (χ0v) is 19.4. The van der Waals surface area contributed by atoms with Gasteiger partial charge < -0.3 is 9.47 Å². The standard InChI is InChI=1S/C22H29ClN4O3S/c1-24-17-20(31(29,30)27-11-2-3-12-27)15-21(24)22(28)26-10-4-9-25(13-14-26)16-18-5-7-19(23)8-6-18/h5-8,15,17H,2-4,9-14,16H2,1H3. The molecule has 7 nitrogen and oxygen atoms in total. The van der Waals surface area contributed by atoms with Crippen LogP contribution in [0.15, 0.2) is 41.4 Å². The molecular weight excluding hydrogens is 436 g/mol. The fourth-order valence-corrected chi connectivity index (χ4v) is 6.02. The van der Waals surface area contributed by atoms with E-state index in [1.807, 2.05) is 29.2 Å². The van der Waals surface area contributed by atoms with Gasteiger partial charge in [0.05, 0.1) is 0 Å². The molecule has 0 unspecified atom stereocenters. The summed E-state index contributed by atoms with van der Waals surface area (Å²) in [6, 6.07) is 9.39. The highest BCUT2D eigenvalue weighted by Crippen LogP contribution is 2.23. The number of hydrogen-bond acceptors (Lipinski definition) is 4. The Morgan fingerprint density at radius 2 is 1.68 bits per heavy atom. The SMILES string of the molecule is Cn1cc(S(=O)(=O)N2CCCC2)cc1C(=O)N1CCCN(Cc2ccc(Cl)cc2)CC1. The van der Waals surface area contributed by atoms with Crippen LogP contribution < -0.4 is 0 Å². The first-order valence-corrected chi connectivity index (χ1v) is 12.6. The molecule has 2 fully saturated rings. The van der Waals surface area contributed by atoms with Crippen LogP contribution in [0.3, 0.4) is 0 Å². The summed E-state index contributed by atoms with van der Waals surface area (Å²) in [6.45, 7) is 4.89. The van der Waals surface area contributed by atoms with Crippen molar-refractivity contribution >= 4 is 27.5 Å². The highest BCUT2D eigenvalue weighted by molar-refractivity contribution is 7.89. The van der Waals surface area contributed by atoms with E-state index in [2.05, 4.69) is 4.90 Å². The zero-order valence-electron chi connectivity index (χ0n) is 17.8. The van der Waals surface area contributed by atoms with E-state index >= 15 is 0 Å². The first-order valence-electron chi connectivity index (χ1n) is 10.8. The van der Waals surface area contributed by atoms with Crippen LogP contribution in [0.5, 0.6) is 0 Å². The summed E-state index contributed by atoms with van der Waals surface area (Å²) in [6.07, 6.45) is 4.21. The lowest BCUT2D eigenvalue weighted by Crippen LogP contribution is -2.36. The highest BCUT2D eigenvalue weighted by Gasteiger charge is 2.30. The fraction of sp³-hybridized carbons (Fsp3) is 0.500. The quantitative estimate of drug-likeness (QED) is 0.682. The number of sulfonamides is 1. The van der Waals surface area contributed by atoms with Gasteiger partial charge in [-0.1, -0.05) is 23.7 Å². The third-order valence-corrected chi connectivity index (χ3v) is 8.21. The van der Waals surface area contributed by atoms with E-state index in [0.29, 0.717) is 31.9 Å². The van der Waals surface area contributed by atoms with Crippen LogP contribution in [0.1, 0.15) is 35.3 Å². The fourth-order valence-electron chi connectivity index (χ4n) is 4.31. The summed E-state index contributed by atoms with van der Waals surface area (Å²) in [4.78, 5) is 17.6. The summed E-state index contributed by atoms with van der Waals surface area (Å²) < 4.78 is 28.9. The molecule has 0 radical (unpaired) electrons. The van der Waals surface area contributed by atoms with Gasteiger partial charge in [0.1, 0.15) is 10.6 Å². The number of halogens is 1. The molecule has 3 heterocycles. The number of rotatable bonds is 5. The predicted molar refractivity (Wildman–Crippen MR) is 121 cm³/mol. The second-order valence-electron chi connectivity index (χ2n) is 8.33.